The van der Waals surface area contributed by atoms with Gasteiger partial charge in [0.05, 0.1) is 32.1 Å². The van der Waals surface area contributed by atoms with Crippen molar-refractivity contribution < 1.29 is 0 Å². The van der Waals surface area contributed by atoms with Gasteiger partial charge in [0.1, 0.15) is 0 Å². The van der Waals surface area contributed by atoms with Crippen LogP contribution in [-0.4, -0.2) is 0 Å². The summed E-state index contributed by atoms with van der Waals surface area (Å²) in [5.74, 6) is 0. The summed E-state index contributed by atoms with van der Waals surface area (Å²) in [6, 6.07) is 80.2. The fourth-order valence-corrected chi connectivity index (χ4v) is 13.0. The first-order chi connectivity index (χ1) is 33.4. The van der Waals surface area contributed by atoms with Crippen LogP contribution in [0.2, 0.25) is 0 Å². The van der Waals surface area contributed by atoms with Crippen molar-refractivity contribution in [1.29, 1.82) is 0 Å². The Morgan fingerprint density at radius 3 is 1.03 bits per heavy atom. The fraction of sp³-hybridized carbons (Fsp3) is 0.0625. The molecule has 0 unspecified atom stereocenters. The molecule has 0 aliphatic carbocycles. The van der Waals surface area contributed by atoms with Gasteiger partial charge in [-0.2, -0.15) is 0 Å². The lowest BCUT2D eigenvalue weighted by Gasteiger charge is -2.31. The van der Waals surface area contributed by atoms with Crippen LogP contribution in [0, 0.1) is 27.7 Å². The highest BCUT2D eigenvalue weighted by Crippen LogP contribution is 2.51. The number of thiophene rings is 2. The van der Waals surface area contributed by atoms with E-state index in [-0.39, 0.29) is 0 Å². The summed E-state index contributed by atoms with van der Waals surface area (Å²) < 4.78 is 5.16. The van der Waals surface area contributed by atoms with E-state index in [9.17, 15) is 0 Å². The van der Waals surface area contributed by atoms with Crippen LogP contribution in [0.3, 0.4) is 0 Å². The number of rotatable bonds is 9. The van der Waals surface area contributed by atoms with Gasteiger partial charge in [0.2, 0.25) is 0 Å². The average Bonchev–Trinajstić information content (AvgIpc) is 3.95. The first kappa shape index (κ1) is 41.7. The maximum absolute atomic E-state index is 2.50. The van der Waals surface area contributed by atoms with Crippen molar-refractivity contribution in [1.82, 2.24) is 0 Å². The Morgan fingerprint density at radius 2 is 0.618 bits per heavy atom. The van der Waals surface area contributed by atoms with Crippen LogP contribution in [0.4, 0.5) is 34.1 Å². The molecule has 0 bridgehead atoms. The minimum Gasteiger partial charge on any atom is -0.308 e. The smallest absolute Gasteiger partial charge is 0.0640 e. The van der Waals surface area contributed by atoms with Crippen molar-refractivity contribution in [2.24, 2.45) is 0 Å². The van der Waals surface area contributed by atoms with Gasteiger partial charge in [0.15, 0.2) is 0 Å². The maximum atomic E-state index is 2.50. The molecule has 12 aromatic rings. The zero-order valence-electron chi connectivity index (χ0n) is 38.5. The molecule has 4 heteroatoms. The Bertz CT molecular complexity index is 3560. The Balaban J connectivity index is 1.03. The zero-order chi connectivity index (χ0) is 45.9. The Kier molecular flexibility index (Phi) is 10.5. The zero-order valence-corrected chi connectivity index (χ0v) is 40.1. The number of aryl methyl sites for hydroxylation is 4. The van der Waals surface area contributed by atoms with Crippen LogP contribution >= 0.6 is 22.7 Å². The largest absolute Gasteiger partial charge is 0.308 e. The second kappa shape index (κ2) is 17.2. The summed E-state index contributed by atoms with van der Waals surface area (Å²) in [4.78, 5) is 5.01. The van der Waals surface area contributed by atoms with Gasteiger partial charge in [0.25, 0.3) is 0 Å². The third-order valence-electron chi connectivity index (χ3n) is 13.5. The van der Waals surface area contributed by atoms with Gasteiger partial charge in [-0.3, -0.25) is 0 Å². The van der Waals surface area contributed by atoms with E-state index in [1.807, 2.05) is 22.7 Å². The number of nitrogens with zero attached hydrogens (tertiary/aromatic N) is 2. The van der Waals surface area contributed by atoms with E-state index in [2.05, 4.69) is 256 Å². The molecule has 0 saturated heterocycles. The molecule has 0 spiro atoms. The molecule has 2 heterocycles. The summed E-state index contributed by atoms with van der Waals surface area (Å²) in [5, 5.41) is 5.16. The Hall–Kier alpha value is -7.76. The predicted molar refractivity (Wildman–Crippen MR) is 297 cm³/mol. The predicted octanol–water partition coefficient (Wildman–Crippen LogP) is 19.6. The normalized spacial score (nSPS) is 11.5. The van der Waals surface area contributed by atoms with E-state index in [1.54, 1.807) is 0 Å². The van der Waals surface area contributed by atoms with Crippen LogP contribution in [0.25, 0.3) is 73.7 Å². The second-order valence-corrected chi connectivity index (χ2v) is 20.0. The SMILES string of the molecule is Cc1cc(N(c2ccccc2-c2ccccc2)c2cccc3c2sc2ccccc23)cc(C)c1-c1c(C)cc(N(c2ccccc2-c2ccccc2)c2cccc3c2sc2ccccc23)cc1C. The van der Waals surface area contributed by atoms with Gasteiger partial charge < -0.3 is 9.80 Å². The lowest BCUT2D eigenvalue weighted by atomic mass is 9.88. The highest BCUT2D eigenvalue weighted by molar-refractivity contribution is 7.26. The number of anilines is 6. The van der Waals surface area contributed by atoms with Gasteiger partial charge in [-0.1, -0.05) is 158 Å². The first-order valence-corrected chi connectivity index (χ1v) is 25.0. The third kappa shape index (κ3) is 7.07. The molecule has 0 atom stereocenters. The lowest BCUT2D eigenvalue weighted by Crippen LogP contribution is -2.13. The molecule has 326 valence electrons. The summed E-state index contributed by atoms with van der Waals surface area (Å²) in [6.45, 7) is 9.18. The topological polar surface area (TPSA) is 6.48 Å². The van der Waals surface area contributed by atoms with E-state index >= 15 is 0 Å². The molecule has 68 heavy (non-hydrogen) atoms. The fourth-order valence-electron chi connectivity index (χ4n) is 10.6. The highest BCUT2D eigenvalue weighted by Gasteiger charge is 2.26. The highest BCUT2D eigenvalue weighted by atomic mass is 32.1. The first-order valence-electron chi connectivity index (χ1n) is 23.3. The van der Waals surface area contributed by atoms with Crippen molar-refractivity contribution in [3.8, 4) is 33.4 Å². The van der Waals surface area contributed by atoms with Crippen molar-refractivity contribution in [2.45, 2.75) is 27.7 Å². The van der Waals surface area contributed by atoms with Crippen LogP contribution in [0.1, 0.15) is 22.3 Å². The average molecular weight is 909 g/mol. The molecule has 0 aliphatic heterocycles. The third-order valence-corrected chi connectivity index (χ3v) is 15.9. The molecule has 12 rings (SSSR count). The van der Waals surface area contributed by atoms with E-state index in [4.69, 9.17) is 0 Å². The molecule has 2 nitrogen and oxygen atoms in total. The lowest BCUT2D eigenvalue weighted by molar-refractivity contribution is 1.24. The van der Waals surface area contributed by atoms with E-state index in [0.717, 1.165) is 22.7 Å². The van der Waals surface area contributed by atoms with Gasteiger partial charge in [0, 0.05) is 53.4 Å². The molecule has 0 aliphatic rings. The number of hydrogen-bond acceptors (Lipinski definition) is 4. The minimum absolute atomic E-state index is 1.14. The maximum Gasteiger partial charge on any atom is 0.0640 e. The van der Waals surface area contributed by atoms with E-state index in [1.165, 1.54) is 107 Å². The molecule has 0 saturated carbocycles. The van der Waals surface area contributed by atoms with Crippen molar-refractivity contribution in [3.63, 3.8) is 0 Å². The summed E-state index contributed by atoms with van der Waals surface area (Å²) in [5.41, 5.74) is 19.3. The minimum atomic E-state index is 1.14. The van der Waals surface area contributed by atoms with Gasteiger partial charge in [-0.15, -0.1) is 22.7 Å². The molecule has 2 aromatic heterocycles. The molecule has 0 radical (unpaired) electrons. The van der Waals surface area contributed by atoms with Gasteiger partial charge in [-0.25, -0.2) is 0 Å². The van der Waals surface area contributed by atoms with Crippen molar-refractivity contribution in [3.05, 3.63) is 241 Å². The van der Waals surface area contributed by atoms with Crippen LogP contribution < -0.4 is 9.80 Å². The summed E-state index contributed by atoms with van der Waals surface area (Å²) in [7, 11) is 0. The summed E-state index contributed by atoms with van der Waals surface area (Å²) in [6.07, 6.45) is 0. The quantitative estimate of drug-likeness (QED) is 0.142. The van der Waals surface area contributed by atoms with Crippen LogP contribution in [-0.2, 0) is 0 Å². The Labute approximate surface area is 406 Å². The molecule has 0 fully saturated rings. The molecular weight excluding hydrogens is 861 g/mol. The summed E-state index contributed by atoms with van der Waals surface area (Å²) >= 11 is 3.75. The molecular formula is C64H48N2S2. The number of benzene rings is 10. The molecule has 10 aromatic carbocycles. The van der Waals surface area contributed by atoms with Gasteiger partial charge in [-0.05, 0) is 133 Å². The Morgan fingerprint density at radius 1 is 0.294 bits per heavy atom. The number of para-hydroxylation sites is 2. The van der Waals surface area contributed by atoms with Crippen LogP contribution in [0.5, 0.6) is 0 Å². The van der Waals surface area contributed by atoms with Crippen molar-refractivity contribution in [2.75, 3.05) is 9.80 Å². The van der Waals surface area contributed by atoms with Gasteiger partial charge >= 0.3 is 0 Å². The van der Waals surface area contributed by atoms with Crippen molar-refractivity contribution >= 4 is 97.1 Å². The van der Waals surface area contributed by atoms with E-state index in [0.29, 0.717) is 0 Å². The standard InChI is InChI=1S/C64H48N2S2/c1-41-37-47(65(55-31-15-11-25-49(55)45-21-7-5-8-22-45)57-33-19-29-53-51-27-13-17-35-59(51)67-63(53)57)38-42(2)61(41)62-43(3)39-48(40-44(62)4)66(56-32-16-12-26-50(56)46-23-9-6-10-24-46)58-34-20-30-54-52-28-14-18-36-60(52)68-64(54)58/h5-40H,1-4H3. The van der Waals surface area contributed by atoms with Crippen LogP contribution in [0.15, 0.2) is 218 Å². The molecule has 0 N–H and O–H groups in total. The second-order valence-electron chi connectivity index (χ2n) is 17.9. The monoisotopic (exact) mass is 908 g/mol. The number of fused-ring (bicyclic) bond motifs is 6. The van der Waals surface area contributed by atoms with E-state index < -0.39 is 0 Å². The number of hydrogen-bond donors (Lipinski definition) is 0. The molecule has 0 amide bonds.